The van der Waals surface area contributed by atoms with Gasteiger partial charge in [0.25, 0.3) is 5.91 Å². The molecule has 0 bridgehead atoms. The van der Waals surface area contributed by atoms with Crippen LogP contribution in [0.25, 0.3) is 23.2 Å². The molecule has 0 spiro atoms. The number of rotatable bonds is 9. The monoisotopic (exact) mass is 487 g/mol. The number of hydrogen-bond acceptors (Lipinski definition) is 7. The van der Waals surface area contributed by atoms with Gasteiger partial charge in [-0.3, -0.25) is 9.36 Å². The highest BCUT2D eigenvalue weighted by Gasteiger charge is 2.17. The molecule has 2 aromatic heterocycles. The Labute approximate surface area is 207 Å². The third-order valence-electron chi connectivity index (χ3n) is 4.98. The van der Waals surface area contributed by atoms with Crippen LogP contribution in [0, 0.1) is 6.92 Å². The van der Waals surface area contributed by atoms with Gasteiger partial charge in [0.2, 0.25) is 0 Å². The molecule has 0 aliphatic rings. The van der Waals surface area contributed by atoms with Crippen molar-refractivity contribution in [2.45, 2.75) is 19.0 Å². The fourth-order valence-corrected chi connectivity index (χ4v) is 3.96. The van der Waals surface area contributed by atoms with Crippen LogP contribution in [0.4, 0.5) is 0 Å². The highest BCUT2D eigenvalue weighted by atomic mass is 32.2. The van der Waals surface area contributed by atoms with Gasteiger partial charge in [0.15, 0.2) is 11.0 Å². The number of aromatic nitrogens is 3. The van der Waals surface area contributed by atoms with Crippen molar-refractivity contribution in [1.29, 1.82) is 0 Å². The average Bonchev–Trinajstić information content (AvgIpc) is 3.53. The van der Waals surface area contributed by atoms with Crippen molar-refractivity contribution in [3.05, 3.63) is 83.8 Å². The van der Waals surface area contributed by atoms with Crippen molar-refractivity contribution in [2.75, 3.05) is 12.9 Å². The number of furan rings is 1. The third-order valence-corrected chi connectivity index (χ3v) is 5.91. The standard InChI is InChI=1S/C26H25N5O3S/c1-18-6-8-20(9-7-18)25-29-30-26(31(25)21-10-12-22(33-3)13-11-21)35-17-24(32)28-27-16-19(2)15-23-5-4-14-34-23/h4-16H,17H2,1-3H3,(H,28,32)/b19-15+,27-16+. The second-order valence-electron chi connectivity index (χ2n) is 7.69. The Kier molecular flexibility index (Phi) is 7.79. The summed E-state index contributed by atoms with van der Waals surface area (Å²) in [7, 11) is 1.63. The zero-order valence-electron chi connectivity index (χ0n) is 19.6. The summed E-state index contributed by atoms with van der Waals surface area (Å²) in [5.74, 6) is 2.04. The molecule has 1 N–H and O–H groups in total. The lowest BCUT2D eigenvalue weighted by Crippen LogP contribution is -2.20. The molecule has 8 nitrogen and oxygen atoms in total. The minimum atomic E-state index is -0.252. The molecule has 4 aromatic rings. The molecule has 0 radical (unpaired) electrons. The molecule has 178 valence electrons. The lowest BCUT2D eigenvalue weighted by atomic mass is 10.1. The van der Waals surface area contributed by atoms with Crippen molar-refractivity contribution in [3.63, 3.8) is 0 Å². The van der Waals surface area contributed by atoms with Gasteiger partial charge in [0, 0.05) is 11.3 Å². The van der Waals surface area contributed by atoms with E-state index in [0.717, 1.165) is 33.9 Å². The van der Waals surface area contributed by atoms with Gasteiger partial charge in [-0.1, -0.05) is 41.6 Å². The molecule has 0 atom stereocenters. The van der Waals surface area contributed by atoms with Crippen LogP contribution in [0.3, 0.4) is 0 Å². The number of benzene rings is 2. The molecular weight excluding hydrogens is 462 g/mol. The van der Waals surface area contributed by atoms with Gasteiger partial charge in [-0.25, -0.2) is 5.43 Å². The van der Waals surface area contributed by atoms with Crippen molar-refractivity contribution in [2.24, 2.45) is 5.10 Å². The van der Waals surface area contributed by atoms with Crippen LogP contribution in [0.5, 0.6) is 5.75 Å². The normalized spacial score (nSPS) is 11.7. The zero-order valence-corrected chi connectivity index (χ0v) is 20.5. The molecule has 0 unspecified atom stereocenters. The number of nitrogens with zero attached hydrogens (tertiary/aromatic N) is 4. The largest absolute Gasteiger partial charge is 0.497 e. The van der Waals surface area contributed by atoms with Crippen molar-refractivity contribution in [1.82, 2.24) is 20.2 Å². The first kappa shape index (κ1) is 24.0. The molecule has 9 heteroatoms. The fourth-order valence-electron chi connectivity index (χ4n) is 3.22. The van der Waals surface area contributed by atoms with Crippen LogP contribution in [0.1, 0.15) is 18.2 Å². The summed E-state index contributed by atoms with van der Waals surface area (Å²) in [5, 5.41) is 13.4. The van der Waals surface area contributed by atoms with E-state index in [1.807, 2.05) is 85.2 Å². The van der Waals surface area contributed by atoms with Crippen LogP contribution in [0.15, 0.2) is 87.2 Å². The van der Waals surface area contributed by atoms with E-state index < -0.39 is 0 Å². The number of allylic oxidation sites excluding steroid dienone is 1. The van der Waals surface area contributed by atoms with E-state index in [1.54, 1.807) is 19.6 Å². The number of ether oxygens (including phenoxy) is 1. The second kappa shape index (κ2) is 11.3. The number of aryl methyl sites for hydroxylation is 1. The Morgan fingerprint density at radius 3 is 2.60 bits per heavy atom. The lowest BCUT2D eigenvalue weighted by Gasteiger charge is -2.11. The minimum Gasteiger partial charge on any atom is -0.497 e. The highest BCUT2D eigenvalue weighted by Crippen LogP contribution is 2.29. The Hall–Kier alpha value is -4.11. The smallest absolute Gasteiger partial charge is 0.250 e. The fraction of sp³-hybridized carbons (Fsp3) is 0.154. The van der Waals surface area contributed by atoms with Crippen molar-refractivity contribution in [3.8, 4) is 22.8 Å². The van der Waals surface area contributed by atoms with Gasteiger partial charge in [-0.2, -0.15) is 5.10 Å². The summed E-state index contributed by atoms with van der Waals surface area (Å²) in [4.78, 5) is 12.4. The molecule has 0 saturated heterocycles. The van der Waals surface area contributed by atoms with Gasteiger partial charge in [-0.05, 0) is 61.9 Å². The first-order chi connectivity index (χ1) is 17.0. The summed E-state index contributed by atoms with van der Waals surface area (Å²) in [5.41, 5.74) is 6.34. The minimum absolute atomic E-state index is 0.125. The zero-order chi connectivity index (χ0) is 24.6. The van der Waals surface area contributed by atoms with Crippen LogP contribution in [-0.2, 0) is 4.79 Å². The van der Waals surface area contributed by atoms with Crippen molar-refractivity contribution < 1.29 is 13.9 Å². The number of carbonyl (C=O) groups is 1. The first-order valence-electron chi connectivity index (χ1n) is 10.9. The molecule has 4 rings (SSSR count). The Morgan fingerprint density at radius 2 is 1.91 bits per heavy atom. The average molecular weight is 488 g/mol. The Balaban J connectivity index is 1.49. The van der Waals surface area contributed by atoms with E-state index in [0.29, 0.717) is 11.0 Å². The van der Waals surface area contributed by atoms with Crippen LogP contribution < -0.4 is 10.2 Å². The van der Waals surface area contributed by atoms with Gasteiger partial charge in [0.05, 0.1) is 25.3 Å². The van der Waals surface area contributed by atoms with Gasteiger partial charge >= 0.3 is 0 Å². The number of carbonyl (C=O) groups excluding carboxylic acids is 1. The molecule has 2 aromatic carbocycles. The van der Waals surface area contributed by atoms with Gasteiger partial charge in [0.1, 0.15) is 11.5 Å². The van der Waals surface area contributed by atoms with E-state index in [9.17, 15) is 4.79 Å². The SMILES string of the molecule is COc1ccc(-n2c(SCC(=O)N/N=C/C(C)=C/c3ccco3)nnc2-c2ccc(C)cc2)cc1. The number of nitrogens with one attached hydrogen (secondary N) is 1. The van der Waals surface area contributed by atoms with E-state index >= 15 is 0 Å². The number of methoxy groups -OCH3 is 1. The van der Waals surface area contributed by atoms with E-state index in [2.05, 4.69) is 20.7 Å². The summed E-state index contributed by atoms with van der Waals surface area (Å²) in [6.45, 7) is 3.91. The summed E-state index contributed by atoms with van der Waals surface area (Å²) in [6, 6.07) is 19.4. The summed E-state index contributed by atoms with van der Waals surface area (Å²) < 4.78 is 12.5. The molecule has 0 aliphatic heterocycles. The third kappa shape index (κ3) is 6.27. The molecule has 2 heterocycles. The van der Waals surface area contributed by atoms with Crippen LogP contribution in [0.2, 0.25) is 0 Å². The number of thioether (sulfide) groups is 1. The first-order valence-corrected chi connectivity index (χ1v) is 11.9. The lowest BCUT2D eigenvalue weighted by molar-refractivity contribution is -0.118. The number of amides is 1. The Morgan fingerprint density at radius 1 is 1.14 bits per heavy atom. The maximum Gasteiger partial charge on any atom is 0.250 e. The van der Waals surface area contributed by atoms with Crippen molar-refractivity contribution >= 4 is 30.0 Å². The second-order valence-corrected chi connectivity index (χ2v) is 8.63. The predicted octanol–water partition coefficient (Wildman–Crippen LogP) is 5.14. The topological polar surface area (TPSA) is 94.5 Å². The van der Waals surface area contributed by atoms with Crippen LogP contribution >= 0.6 is 11.8 Å². The predicted molar refractivity (Wildman–Crippen MR) is 138 cm³/mol. The van der Waals surface area contributed by atoms with Gasteiger partial charge < -0.3 is 9.15 Å². The van der Waals surface area contributed by atoms with E-state index in [4.69, 9.17) is 9.15 Å². The number of hydrogen-bond donors (Lipinski definition) is 1. The quantitative estimate of drug-likeness (QED) is 0.200. The van der Waals surface area contributed by atoms with E-state index in [-0.39, 0.29) is 11.7 Å². The Bertz CT molecular complexity index is 1320. The highest BCUT2D eigenvalue weighted by molar-refractivity contribution is 7.99. The molecule has 35 heavy (non-hydrogen) atoms. The molecule has 0 fully saturated rings. The van der Waals surface area contributed by atoms with Crippen LogP contribution in [-0.4, -0.2) is 39.7 Å². The summed E-state index contributed by atoms with van der Waals surface area (Å²) >= 11 is 1.28. The molecular formula is C26H25N5O3S. The maximum absolute atomic E-state index is 12.4. The van der Waals surface area contributed by atoms with Gasteiger partial charge in [-0.15, -0.1) is 10.2 Å². The summed E-state index contributed by atoms with van der Waals surface area (Å²) in [6.07, 6.45) is 5.00. The molecule has 0 aliphatic carbocycles. The molecule has 1 amide bonds. The molecule has 0 saturated carbocycles. The van der Waals surface area contributed by atoms with E-state index in [1.165, 1.54) is 11.8 Å². The maximum atomic E-state index is 12.4. The number of hydrazone groups is 1.